The second kappa shape index (κ2) is 6.42. The van der Waals surface area contributed by atoms with Gasteiger partial charge in [-0.3, -0.25) is 9.59 Å². The molecule has 7 heteroatoms. The lowest BCUT2D eigenvalue weighted by Gasteiger charge is -2.17. The molecular formula is C13H14N2O4S. The van der Waals surface area contributed by atoms with Gasteiger partial charge in [-0.25, -0.2) is 4.79 Å². The summed E-state index contributed by atoms with van der Waals surface area (Å²) in [4.78, 5) is 34.1. The molecular weight excluding hydrogens is 280 g/mol. The first-order valence-electron chi connectivity index (χ1n) is 6.06. The average Bonchev–Trinajstić information content (AvgIpc) is 2.86. The first-order valence-corrected chi connectivity index (χ1v) is 7.05. The summed E-state index contributed by atoms with van der Waals surface area (Å²) in [6.07, 6.45) is 0.204. The molecule has 1 aromatic rings. The van der Waals surface area contributed by atoms with Crippen molar-refractivity contribution in [1.29, 1.82) is 0 Å². The van der Waals surface area contributed by atoms with Crippen LogP contribution in [-0.4, -0.2) is 40.1 Å². The molecule has 2 atom stereocenters. The molecule has 1 fully saturated rings. The molecule has 2 rings (SSSR count). The maximum atomic E-state index is 11.9. The molecule has 1 aliphatic heterocycles. The van der Waals surface area contributed by atoms with Crippen LogP contribution in [0.15, 0.2) is 30.3 Å². The zero-order valence-electron chi connectivity index (χ0n) is 10.5. The predicted molar refractivity (Wildman–Crippen MR) is 74.5 cm³/mol. The Morgan fingerprint density at radius 3 is 2.65 bits per heavy atom. The number of aliphatic carboxylic acids is 1. The average molecular weight is 294 g/mol. The van der Waals surface area contributed by atoms with Gasteiger partial charge in [-0.1, -0.05) is 42.1 Å². The second-order valence-corrected chi connectivity index (χ2v) is 5.38. The highest BCUT2D eigenvalue weighted by Gasteiger charge is 2.30. The topological polar surface area (TPSA) is 95.5 Å². The highest BCUT2D eigenvalue weighted by molar-refractivity contribution is 8.14. The molecule has 6 nitrogen and oxygen atoms in total. The fourth-order valence-corrected chi connectivity index (χ4v) is 2.63. The van der Waals surface area contributed by atoms with E-state index in [0.29, 0.717) is 5.75 Å². The van der Waals surface area contributed by atoms with E-state index in [1.807, 2.05) is 18.2 Å². The molecule has 2 amide bonds. The van der Waals surface area contributed by atoms with E-state index >= 15 is 0 Å². The van der Waals surface area contributed by atoms with Gasteiger partial charge in [-0.15, -0.1) is 0 Å². The molecule has 20 heavy (non-hydrogen) atoms. The summed E-state index contributed by atoms with van der Waals surface area (Å²) < 4.78 is 0. The number of benzene rings is 1. The van der Waals surface area contributed by atoms with E-state index in [2.05, 4.69) is 10.6 Å². The minimum Gasteiger partial charge on any atom is -0.480 e. The minimum atomic E-state index is -1.10. The smallest absolute Gasteiger partial charge is 0.326 e. The number of carbonyl (C=O) groups is 3. The fourth-order valence-electron chi connectivity index (χ4n) is 1.85. The summed E-state index contributed by atoms with van der Waals surface area (Å²) in [6, 6.07) is 7.39. The van der Waals surface area contributed by atoms with Crippen molar-refractivity contribution in [3.05, 3.63) is 35.9 Å². The van der Waals surface area contributed by atoms with Gasteiger partial charge in [-0.2, -0.15) is 0 Å². The summed E-state index contributed by atoms with van der Waals surface area (Å²) in [5.74, 6) is -1.24. The molecule has 0 spiro atoms. The lowest BCUT2D eigenvalue weighted by Crippen LogP contribution is -2.50. The molecule has 0 saturated carbocycles. The quantitative estimate of drug-likeness (QED) is 0.740. The third-order valence-corrected chi connectivity index (χ3v) is 3.77. The Morgan fingerprint density at radius 2 is 2.10 bits per heavy atom. The Morgan fingerprint density at radius 1 is 1.40 bits per heavy atom. The lowest BCUT2D eigenvalue weighted by atomic mass is 10.1. The number of carbonyl (C=O) groups excluding carboxylic acids is 2. The zero-order chi connectivity index (χ0) is 14.5. The van der Waals surface area contributed by atoms with Gasteiger partial charge in [0.2, 0.25) is 5.91 Å². The molecule has 106 valence electrons. The summed E-state index contributed by atoms with van der Waals surface area (Å²) in [6.45, 7) is 0. The number of carboxylic acid groups (broad SMARTS) is 1. The van der Waals surface area contributed by atoms with Crippen LogP contribution >= 0.6 is 11.8 Å². The maximum absolute atomic E-state index is 11.9. The monoisotopic (exact) mass is 294 g/mol. The lowest BCUT2D eigenvalue weighted by molar-refractivity contribution is -0.141. The summed E-state index contributed by atoms with van der Waals surface area (Å²) in [7, 11) is 0. The molecule has 1 saturated heterocycles. The van der Waals surface area contributed by atoms with Crippen LogP contribution in [0.2, 0.25) is 0 Å². The van der Waals surface area contributed by atoms with Crippen molar-refractivity contribution in [2.45, 2.75) is 18.5 Å². The SMILES string of the molecule is O=C1N[C@H](C(=O)N[C@@H](Cc2ccccc2)C(=O)O)CS1. The molecule has 3 N–H and O–H groups in total. The highest BCUT2D eigenvalue weighted by atomic mass is 32.2. The van der Waals surface area contributed by atoms with Gasteiger partial charge in [-0.05, 0) is 5.56 Å². The normalized spacial score (nSPS) is 19.2. The minimum absolute atomic E-state index is 0.204. The van der Waals surface area contributed by atoms with Gasteiger partial charge in [0.25, 0.3) is 5.24 Å². The van der Waals surface area contributed by atoms with Crippen molar-refractivity contribution in [3.8, 4) is 0 Å². The van der Waals surface area contributed by atoms with Crippen LogP contribution < -0.4 is 10.6 Å². The van der Waals surface area contributed by atoms with Gasteiger partial charge in [0, 0.05) is 12.2 Å². The molecule has 0 aromatic heterocycles. The Balaban J connectivity index is 1.97. The van der Waals surface area contributed by atoms with E-state index in [1.165, 1.54) is 0 Å². The molecule has 1 aromatic carbocycles. The van der Waals surface area contributed by atoms with Crippen LogP contribution in [0.5, 0.6) is 0 Å². The fraction of sp³-hybridized carbons (Fsp3) is 0.308. The number of thioether (sulfide) groups is 1. The maximum Gasteiger partial charge on any atom is 0.326 e. The molecule has 0 radical (unpaired) electrons. The van der Waals surface area contributed by atoms with E-state index in [9.17, 15) is 19.5 Å². The van der Waals surface area contributed by atoms with Crippen LogP contribution in [0, 0.1) is 0 Å². The first kappa shape index (κ1) is 14.4. The number of amides is 2. The zero-order valence-corrected chi connectivity index (χ0v) is 11.4. The van der Waals surface area contributed by atoms with E-state index in [4.69, 9.17) is 0 Å². The van der Waals surface area contributed by atoms with Crippen LogP contribution in [0.4, 0.5) is 4.79 Å². The van der Waals surface area contributed by atoms with Crippen molar-refractivity contribution in [2.75, 3.05) is 5.75 Å². The van der Waals surface area contributed by atoms with E-state index in [0.717, 1.165) is 17.3 Å². The first-order chi connectivity index (χ1) is 9.56. The summed E-state index contributed by atoms with van der Waals surface area (Å²) >= 11 is 1.01. The number of rotatable bonds is 5. The van der Waals surface area contributed by atoms with Crippen LogP contribution in [0.1, 0.15) is 5.56 Å². The number of nitrogens with one attached hydrogen (secondary N) is 2. The molecule has 1 aliphatic rings. The summed E-state index contributed by atoms with van der Waals surface area (Å²) in [5.41, 5.74) is 0.824. The molecule has 0 bridgehead atoms. The van der Waals surface area contributed by atoms with Gasteiger partial charge in [0.15, 0.2) is 0 Å². The van der Waals surface area contributed by atoms with Gasteiger partial charge in [0.1, 0.15) is 12.1 Å². The van der Waals surface area contributed by atoms with Crippen molar-refractivity contribution >= 4 is 28.9 Å². The van der Waals surface area contributed by atoms with Crippen molar-refractivity contribution in [1.82, 2.24) is 10.6 Å². The Kier molecular flexibility index (Phi) is 4.62. The van der Waals surface area contributed by atoms with E-state index in [-0.39, 0.29) is 11.7 Å². The highest BCUT2D eigenvalue weighted by Crippen LogP contribution is 2.13. The standard InChI is InChI=1S/C13H14N2O4S/c16-11(10-7-20-13(19)15-10)14-9(12(17)18)6-8-4-2-1-3-5-8/h1-5,9-10H,6-7H2,(H,14,16)(H,15,19)(H,17,18)/t9-,10-/m0/s1. The summed E-state index contributed by atoms with van der Waals surface area (Å²) in [5, 5.41) is 13.8. The van der Waals surface area contributed by atoms with Crippen LogP contribution in [0.25, 0.3) is 0 Å². The third-order valence-electron chi connectivity index (χ3n) is 2.89. The second-order valence-electron chi connectivity index (χ2n) is 4.38. The number of carboxylic acids is 1. The Hall–Kier alpha value is -2.02. The third kappa shape index (κ3) is 3.74. The molecule has 0 unspecified atom stereocenters. The Bertz CT molecular complexity index is 520. The van der Waals surface area contributed by atoms with Crippen LogP contribution in [0.3, 0.4) is 0 Å². The van der Waals surface area contributed by atoms with Gasteiger partial charge < -0.3 is 15.7 Å². The van der Waals surface area contributed by atoms with Crippen molar-refractivity contribution in [2.24, 2.45) is 0 Å². The Labute approximate surface area is 119 Å². The van der Waals surface area contributed by atoms with Crippen LogP contribution in [-0.2, 0) is 16.0 Å². The van der Waals surface area contributed by atoms with E-state index < -0.39 is 24.0 Å². The number of hydrogen-bond donors (Lipinski definition) is 3. The van der Waals surface area contributed by atoms with Crippen molar-refractivity contribution in [3.63, 3.8) is 0 Å². The largest absolute Gasteiger partial charge is 0.480 e. The molecule has 1 heterocycles. The van der Waals surface area contributed by atoms with Gasteiger partial charge in [0.05, 0.1) is 0 Å². The predicted octanol–water partition coefficient (Wildman–Crippen LogP) is 0.623. The molecule has 0 aliphatic carbocycles. The van der Waals surface area contributed by atoms with Crippen molar-refractivity contribution < 1.29 is 19.5 Å². The van der Waals surface area contributed by atoms with E-state index in [1.54, 1.807) is 12.1 Å². The number of hydrogen-bond acceptors (Lipinski definition) is 4. The van der Waals surface area contributed by atoms with Gasteiger partial charge >= 0.3 is 5.97 Å².